The maximum Gasteiger partial charge on any atom is 0.315 e. The third kappa shape index (κ3) is 6.18. The monoisotopic (exact) mass is 709 g/mol. The number of urea groups is 1. The Morgan fingerprint density at radius 1 is 0.863 bits per heavy atom. The van der Waals surface area contributed by atoms with Gasteiger partial charge in [-0.05, 0) is 135 Å². The molecule has 6 rings (SSSR count). The first-order valence-electron chi connectivity index (χ1n) is 20.5. The zero-order valence-electron chi connectivity index (χ0n) is 33.3. The standard InChI is InChI=1S/C43H68N2O6/c1-26(2)34-29(46)23-43(45-37(50)44-25-27-13-11-10-12-14-27)22-21-41(8)28(35(34)43)15-16-31-40(7)19-18-32(51-33(47)24-38(3,4)36(48)49)39(5,6)30(40)17-20-42(31,41)9/h26-28,30-32H,10-25H2,1-9H3,(H,48,49)(H2,44,45,50)/t28?,30?,31?,32-,40?,41+,42?,43+/m0/s1. The predicted octanol–water partition coefficient (Wildman–Crippen LogP) is 9.01. The second kappa shape index (κ2) is 13.2. The molecule has 5 fully saturated rings. The molecule has 5 saturated carbocycles. The molecule has 0 aliphatic heterocycles. The molecule has 6 aliphatic rings. The Kier molecular flexibility index (Phi) is 9.91. The fourth-order valence-electron chi connectivity index (χ4n) is 13.5. The fourth-order valence-corrected chi connectivity index (χ4v) is 13.5. The summed E-state index contributed by atoms with van der Waals surface area (Å²) in [6.07, 6.45) is 14.0. The van der Waals surface area contributed by atoms with E-state index >= 15 is 0 Å². The lowest BCUT2D eigenvalue weighted by atomic mass is 9.33. The van der Waals surface area contributed by atoms with Crippen LogP contribution in [0.2, 0.25) is 0 Å². The van der Waals surface area contributed by atoms with Crippen LogP contribution in [0.15, 0.2) is 11.1 Å². The van der Waals surface area contributed by atoms with Gasteiger partial charge >= 0.3 is 18.0 Å². The summed E-state index contributed by atoms with van der Waals surface area (Å²) >= 11 is 0. The number of aliphatic carboxylic acids is 1. The molecular weight excluding hydrogens is 640 g/mol. The van der Waals surface area contributed by atoms with Crippen LogP contribution in [-0.4, -0.2) is 47.0 Å². The zero-order valence-corrected chi connectivity index (χ0v) is 33.3. The van der Waals surface area contributed by atoms with E-state index < -0.39 is 22.9 Å². The lowest BCUT2D eigenvalue weighted by molar-refractivity contribution is -0.232. The molecule has 8 atom stereocenters. The van der Waals surface area contributed by atoms with Gasteiger partial charge in [-0.2, -0.15) is 0 Å². The maximum absolute atomic E-state index is 13.9. The lowest BCUT2D eigenvalue weighted by Crippen LogP contribution is -2.67. The second-order valence-corrected chi connectivity index (χ2v) is 20.3. The molecule has 8 nitrogen and oxygen atoms in total. The zero-order chi connectivity index (χ0) is 37.4. The number of hydrogen-bond acceptors (Lipinski definition) is 5. The van der Waals surface area contributed by atoms with Crippen LogP contribution in [0.3, 0.4) is 0 Å². The van der Waals surface area contributed by atoms with Gasteiger partial charge in [-0.1, -0.05) is 67.7 Å². The van der Waals surface area contributed by atoms with Crippen molar-refractivity contribution in [3.8, 4) is 0 Å². The van der Waals surface area contributed by atoms with Crippen LogP contribution in [-0.2, 0) is 19.1 Å². The number of nitrogens with one attached hydrogen (secondary N) is 2. The molecule has 286 valence electrons. The van der Waals surface area contributed by atoms with Crippen molar-refractivity contribution in [1.82, 2.24) is 10.6 Å². The van der Waals surface area contributed by atoms with Crippen LogP contribution in [0.4, 0.5) is 4.79 Å². The van der Waals surface area contributed by atoms with Crippen LogP contribution in [0.25, 0.3) is 0 Å². The average Bonchev–Trinajstić information content (AvgIpc) is 3.33. The Hall–Kier alpha value is -2.38. The molecule has 2 amide bonds. The highest BCUT2D eigenvalue weighted by molar-refractivity contribution is 6.02. The van der Waals surface area contributed by atoms with E-state index in [0.717, 1.165) is 56.9 Å². The normalized spacial score (nSPS) is 39.4. The fraction of sp³-hybridized carbons (Fsp3) is 0.860. The maximum atomic E-state index is 13.9. The van der Waals surface area contributed by atoms with Crippen molar-refractivity contribution >= 4 is 23.8 Å². The van der Waals surface area contributed by atoms with Gasteiger partial charge in [0.2, 0.25) is 0 Å². The van der Waals surface area contributed by atoms with Gasteiger partial charge in [0.05, 0.1) is 17.4 Å². The number of ketones is 1. The Morgan fingerprint density at radius 3 is 2.20 bits per heavy atom. The minimum atomic E-state index is -1.16. The molecule has 3 N–H and O–H groups in total. The molecule has 0 radical (unpaired) electrons. The Labute approximate surface area is 307 Å². The average molecular weight is 709 g/mol. The molecule has 0 bridgehead atoms. The molecule has 51 heavy (non-hydrogen) atoms. The van der Waals surface area contributed by atoms with Crippen LogP contribution in [0.5, 0.6) is 0 Å². The summed E-state index contributed by atoms with van der Waals surface area (Å²) in [6, 6.07) is -0.112. The van der Waals surface area contributed by atoms with Gasteiger partial charge in [-0.25, -0.2) is 4.79 Å². The molecule has 0 spiro atoms. The quantitative estimate of drug-likeness (QED) is 0.217. The van der Waals surface area contributed by atoms with E-state index in [2.05, 4.69) is 59.1 Å². The first-order valence-corrected chi connectivity index (χ1v) is 20.5. The third-order valence-electron chi connectivity index (χ3n) is 16.4. The number of fused-ring (bicyclic) bond motifs is 7. The summed E-state index contributed by atoms with van der Waals surface area (Å²) in [5.74, 6) is 0.592. The van der Waals surface area contributed by atoms with E-state index in [0.29, 0.717) is 30.7 Å². The SMILES string of the molecule is CC(C)C1=C2C3CCC4C5(C)CC[C@H](OC(=O)CC(C)(C)C(=O)O)C(C)(C)C5CCC4(C)[C@]3(C)CC[C@@]2(NC(=O)NCC2CCCCC2)CC1=O. The summed E-state index contributed by atoms with van der Waals surface area (Å²) in [5.41, 5.74) is 0.363. The number of hydrogen-bond donors (Lipinski definition) is 3. The topological polar surface area (TPSA) is 122 Å². The summed E-state index contributed by atoms with van der Waals surface area (Å²) in [7, 11) is 0. The van der Waals surface area contributed by atoms with Crippen LogP contribution < -0.4 is 10.6 Å². The van der Waals surface area contributed by atoms with Crippen LogP contribution in [0.1, 0.15) is 159 Å². The molecule has 8 heteroatoms. The van der Waals surface area contributed by atoms with E-state index in [1.54, 1.807) is 13.8 Å². The smallest absolute Gasteiger partial charge is 0.315 e. The molecule has 0 aromatic heterocycles. The van der Waals surface area contributed by atoms with E-state index in [1.807, 2.05) is 0 Å². The molecule has 5 unspecified atom stereocenters. The summed E-state index contributed by atoms with van der Waals surface area (Å²) in [4.78, 5) is 52.4. The molecule has 0 aromatic rings. The van der Waals surface area contributed by atoms with Gasteiger partial charge < -0.3 is 20.5 Å². The highest BCUT2D eigenvalue weighted by atomic mass is 16.5. The van der Waals surface area contributed by atoms with E-state index in [1.165, 1.54) is 37.7 Å². The predicted molar refractivity (Wildman–Crippen MR) is 199 cm³/mol. The highest BCUT2D eigenvalue weighted by Gasteiger charge is 2.70. The van der Waals surface area contributed by atoms with Gasteiger partial charge in [-0.3, -0.25) is 14.4 Å². The van der Waals surface area contributed by atoms with E-state index in [-0.39, 0.29) is 57.8 Å². The highest BCUT2D eigenvalue weighted by Crippen LogP contribution is 2.76. The van der Waals surface area contributed by atoms with Crippen molar-refractivity contribution in [2.45, 2.75) is 170 Å². The lowest BCUT2D eigenvalue weighted by Gasteiger charge is -2.72. The van der Waals surface area contributed by atoms with Crippen molar-refractivity contribution < 1.29 is 29.0 Å². The number of Topliss-reactive ketones (excluding diaryl/α,β-unsaturated/α-hetero) is 1. The first kappa shape index (κ1) is 38.3. The molecule has 0 saturated heterocycles. The van der Waals surface area contributed by atoms with Crippen molar-refractivity contribution in [3.63, 3.8) is 0 Å². The van der Waals surface area contributed by atoms with Gasteiger partial charge in [0.25, 0.3) is 0 Å². The molecule has 0 heterocycles. The van der Waals surface area contributed by atoms with Gasteiger partial charge in [-0.15, -0.1) is 0 Å². The molecule has 0 aromatic carbocycles. The number of esters is 1. The van der Waals surface area contributed by atoms with Crippen LogP contribution in [0, 0.1) is 56.7 Å². The summed E-state index contributed by atoms with van der Waals surface area (Å²) in [6.45, 7) is 20.3. The number of amides is 2. The van der Waals surface area contributed by atoms with Gasteiger partial charge in [0.1, 0.15) is 6.10 Å². The largest absolute Gasteiger partial charge is 0.481 e. The Balaban J connectivity index is 1.25. The van der Waals surface area contributed by atoms with Crippen molar-refractivity contribution in [2.24, 2.45) is 56.7 Å². The van der Waals surface area contributed by atoms with Crippen molar-refractivity contribution in [3.05, 3.63) is 11.1 Å². The molecule has 6 aliphatic carbocycles. The summed E-state index contributed by atoms with van der Waals surface area (Å²) in [5, 5.41) is 16.3. The molecular formula is C43H68N2O6. The number of ether oxygens (including phenoxy) is 1. The minimum Gasteiger partial charge on any atom is -0.481 e. The van der Waals surface area contributed by atoms with E-state index in [4.69, 9.17) is 4.74 Å². The van der Waals surface area contributed by atoms with Gasteiger partial charge in [0, 0.05) is 18.4 Å². The number of carboxylic acids is 1. The number of carbonyl (C=O) groups excluding carboxylic acids is 3. The Morgan fingerprint density at radius 2 is 1.55 bits per heavy atom. The minimum absolute atomic E-state index is 0.0103. The number of carboxylic acid groups (broad SMARTS) is 1. The summed E-state index contributed by atoms with van der Waals surface area (Å²) < 4.78 is 6.16. The second-order valence-electron chi connectivity index (χ2n) is 20.3. The van der Waals surface area contributed by atoms with Gasteiger partial charge in [0.15, 0.2) is 5.78 Å². The van der Waals surface area contributed by atoms with Crippen molar-refractivity contribution in [2.75, 3.05) is 6.54 Å². The van der Waals surface area contributed by atoms with Crippen molar-refractivity contribution in [1.29, 1.82) is 0 Å². The number of carbonyl (C=O) groups is 4. The number of rotatable bonds is 8. The third-order valence-corrected chi connectivity index (χ3v) is 16.4. The first-order chi connectivity index (χ1) is 23.7. The van der Waals surface area contributed by atoms with Crippen LogP contribution >= 0.6 is 0 Å². The Bertz CT molecular complexity index is 1460. The van der Waals surface area contributed by atoms with E-state index in [9.17, 15) is 24.3 Å². The number of allylic oxidation sites excluding steroid dienone is 1.